The topological polar surface area (TPSA) is 56.7 Å². The number of hydrogen-bond donors (Lipinski definition) is 1. The molecule has 114 valence electrons. The van der Waals surface area contributed by atoms with Crippen LogP contribution in [-0.4, -0.2) is 14.5 Å². The van der Waals surface area contributed by atoms with Crippen LogP contribution in [0.25, 0.3) is 11.0 Å². The third kappa shape index (κ3) is 2.48. The number of hydrogen-bond acceptors (Lipinski definition) is 3. The second-order valence-electron chi connectivity index (χ2n) is 4.65. The predicted molar refractivity (Wildman–Crippen MR) is 82.5 cm³/mol. The number of anilines is 1. The second kappa shape index (κ2) is 5.70. The summed E-state index contributed by atoms with van der Waals surface area (Å²) in [5, 5.41) is -0.0280. The number of nitrogen functional groups attached to an aromatic ring is 1. The van der Waals surface area contributed by atoms with Crippen molar-refractivity contribution in [1.29, 1.82) is 0 Å². The summed E-state index contributed by atoms with van der Waals surface area (Å²) >= 11 is 12.0. The largest absolute Gasteiger partial charge is 0.382 e. The molecule has 0 saturated carbocycles. The SMILES string of the molecule is Nc1nc(Cl)nc2c(Cl)c(Cc3ccccc3)n(C(F)F)c12. The maximum absolute atomic E-state index is 13.5. The molecule has 0 aliphatic heterocycles. The van der Waals surface area contributed by atoms with E-state index in [9.17, 15) is 8.78 Å². The fourth-order valence-corrected chi connectivity index (χ4v) is 2.84. The Hall–Kier alpha value is -1.92. The third-order valence-corrected chi connectivity index (χ3v) is 3.85. The van der Waals surface area contributed by atoms with Crippen LogP contribution < -0.4 is 5.73 Å². The van der Waals surface area contributed by atoms with Crippen LogP contribution in [0, 0.1) is 0 Å². The molecule has 0 radical (unpaired) electrons. The summed E-state index contributed by atoms with van der Waals surface area (Å²) in [6.07, 6.45) is 0.220. The van der Waals surface area contributed by atoms with Crippen molar-refractivity contribution in [2.75, 3.05) is 5.73 Å². The minimum absolute atomic E-state index is 0.00432. The zero-order valence-corrected chi connectivity index (χ0v) is 12.6. The van der Waals surface area contributed by atoms with Crippen LogP contribution in [0.5, 0.6) is 0 Å². The molecule has 0 spiro atoms. The van der Waals surface area contributed by atoms with Crippen molar-refractivity contribution >= 4 is 40.1 Å². The van der Waals surface area contributed by atoms with Gasteiger partial charge in [-0.2, -0.15) is 13.8 Å². The maximum atomic E-state index is 13.5. The van der Waals surface area contributed by atoms with E-state index in [2.05, 4.69) is 9.97 Å². The number of halogens is 4. The van der Waals surface area contributed by atoms with Crippen LogP contribution in [-0.2, 0) is 6.42 Å². The average Bonchev–Trinajstić information content (AvgIpc) is 2.74. The van der Waals surface area contributed by atoms with E-state index in [1.165, 1.54) is 0 Å². The molecule has 22 heavy (non-hydrogen) atoms. The van der Waals surface area contributed by atoms with Crippen molar-refractivity contribution in [3.05, 3.63) is 51.9 Å². The summed E-state index contributed by atoms with van der Waals surface area (Å²) in [5.41, 5.74) is 6.91. The molecule has 2 aromatic heterocycles. The van der Waals surface area contributed by atoms with Gasteiger partial charge in [-0.3, -0.25) is 4.57 Å². The minimum atomic E-state index is -2.82. The van der Waals surface area contributed by atoms with Gasteiger partial charge in [-0.15, -0.1) is 0 Å². The molecule has 1 aromatic carbocycles. The highest BCUT2D eigenvalue weighted by Gasteiger charge is 2.25. The molecule has 4 nitrogen and oxygen atoms in total. The van der Waals surface area contributed by atoms with Crippen molar-refractivity contribution in [2.24, 2.45) is 0 Å². The lowest BCUT2D eigenvalue weighted by Gasteiger charge is -2.10. The quantitative estimate of drug-likeness (QED) is 0.721. The van der Waals surface area contributed by atoms with Gasteiger partial charge < -0.3 is 5.73 Å². The molecule has 0 aliphatic carbocycles. The zero-order chi connectivity index (χ0) is 15.9. The van der Waals surface area contributed by atoms with Crippen LogP contribution in [0.3, 0.4) is 0 Å². The molecule has 2 heterocycles. The van der Waals surface area contributed by atoms with Crippen molar-refractivity contribution < 1.29 is 8.78 Å². The molecule has 0 bridgehead atoms. The van der Waals surface area contributed by atoms with Crippen molar-refractivity contribution in [3.63, 3.8) is 0 Å². The van der Waals surface area contributed by atoms with E-state index in [-0.39, 0.29) is 39.3 Å². The highest BCUT2D eigenvalue weighted by atomic mass is 35.5. The molecular weight excluding hydrogens is 333 g/mol. The van der Waals surface area contributed by atoms with E-state index < -0.39 is 6.55 Å². The van der Waals surface area contributed by atoms with Gasteiger partial charge in [0.25, 0.3) is 0 Å². The van der Waals surface area contributed by atoms with Gasteiger partial charge in [-0.1, -0.05) is 41.9 Å². The lowest BCUT2D eigenvalue weighted by atomic mass is 10.1. The summed E-state index contributed by atoms with van der Waals surface area (Å²) < 4.78 is 27.8. The number of nitrogens with two attached hydrogens (primary N) is 1. The van der Waals surface area contributed by atoms with E-state index in [4.69, 9.17) is 28.9 Å². The van der Waals surface area contributed by atoms with E-state index in [1.54, 1.807) is 0 Å². The zero-order valence-electron chi connectivity index (χ0n) is 11.1. The van der Waals surface area contributed by atoms with Crippen molar-refractivity contribution in [2.45, 2.75) is 13.0 Å². The van der Waals surface area contributed by atoms with Gasteiger partial charge >= 0.3 is 6.55 Å². The van der Waals surface area contributed by atoms with Gasteiger partial charge in [0.1, 0.15) is 11.0 Å². The van der Waals surface area contributed by atoms with Crippen LogP contribution >= 0.6 is 23.2 Å². The molecule has 8 heteroatoms. The van der Waals surface area contributed by atoms with Gasteiger partial charge in [-0.25, -0.2) is 4.98 Å². The van der Waals surface area contributed by atoms with E-state index in [0.717, 1.165) is 10.1 Å². The Morgan fingerprint density at radius 3 is 2.45 bits per heavy atom. The molecule has 3 rings (SSSR count). The van der Waals surface area contributed by atoms with Crippen LogP contribution in [0.2, 0.25) is 10.3 Å². The molecule has 0 unspecified atom stereocenters. The Morgan fingerprint density at radius 1 is 1.14 bits per heavy atom. The first kappa shape index (κ1) is 15.0. The lowest BCUT2D eigenvalue weighted by Crippen LogP contribution is -2.07. The Kier molecular flexibility index (Phi) is 3.88. The molecule has 0 amide bonds. The highest BCUT2D eigenvalue weighted by molar-refractivity contribution is 6.37. The Labute approximate surface area is 134 Å². The Morgan fingerprint density at radius 2 is 1.82 bits per heavy atom. The number of benzene rings is 1. The van der Waals surface area contributed by atoms with E-state index >= 15 is 0 Å². The van der Waals surface area contributed by atoms with Gasteiger partial charge in [0, 0.05) is 12.1 Å². The number of alkyl halides is 2. The van der Waals surface area contributed by atoms with Gasteiger partial charge in [-0.05, 0) is 17.2 Å². The first-order chi connectivity index (χ1) is 10.5. The summed E-state index contributed by atoms with van der Waals surface area (Å²) in [4.78, 5) is 7.66. The summed E-state index contributed by atoms with van der Waals surface area (Å²) in [6, 6.07) is 9.14. The summed E-state index contributed by atoms with van der Waals surface area (Å²) in [5.74, 6) is -0.128. The number of rotatable bonds is 3. The average molecular weight is 343 g/mol. The van der Waals surface area contributed by atoms with Crippen LogP contribution in [0.4, 0.5) is 14.6 Å². The maximum Gasteiger partial charge on any atom is 0.319 e. The molecular formula is C14H10Cl2F2N4. The molecule has 0 atom stereocenters. The lowest BCUT2D eigenvalue weighted by molar-refractivity contribution is 0.0727. The predicted octanol–water partition coefficient (Wildman–Crippen LogP) is 4.31. The molecule has 3 aromatic rings. The smallest absolute Gasteiger partial charge is 0.319 e. The second-order valence-corrected chi connectivity index (χ2v) is 5.36. The standard InChI is InChI=1S/C14H10Cl2F2N4/c15-9-8(6-7-4-2-1-3-5-7)22(14(17)18)11-10(9)20-13(16)21-12(11)19/h1-5,14H,6H2,(H2,19,20,21). The van der Waals surface area contributed by atoms with Crippen LogP contribution in [0.1, 0.15) is 17.8 Å². The number of fused-ring (bicyclic) bond motifs is 1. The molecule has 0 fully saturated rings. The van der Waals surface area contributed by atoms with Crippen molar-refractivity contribution in [3.8, 4) is 0 Å². The Bertz CT molecular complexity index is 834. The van der Waals surface area contributed by atoms with Gasteiger partial charge in [0.15, 0.2) is 5.82 Å². The number of nitrogens with zero attached hydrogens (tertiary/aromatic N) is 3. The first-order valence-corrected chi connectivity index (χ1v) is 7.08. The van der Waals surface area contributed by atoms with E-state index in [1.807, 2.05) is 30.3 Å². The minimum Gasteiger partial charge on any atom is -0.382 e. The Balaban J connectivity index is 2.27. The fourth-order valence-electron chi connectivity index (χ4n) is 2.38. The van der Waals surface area contributed by atoms with Gasteiger partial charge in [0.05, 0.1) is 5.02 Å². The van der Waals surface area contributed by atoms with Gasteiger partial charge in [0.2, 0.25) is 5.28 Å². The molecule has 0 saturated heterocycles. The van der Waals surface area contributed by atoms with Crippen molar-refractivity contribution in [1.82, 2.24) is 14.5 Å². The van der Waals surface area contributed by atoms with Crippen LogP contribution in [0.15, 0.2) is 30.3 Å². The summed E-state index contributed by atoms with van der Waals surface area (Å²) in [6.45, 7) is -2.82. The number of aromatic nitrogens is 3. The third-order valence-electron chi connectivity index (χ3n) is 3.29. The monoisotopic (exact) mass is 342 g/mol. The first-order valence-electron chi connectivity index (χ1n) is 6.32. The fraction of sp³-hybridized carbons (Fsp3) is 0.143. The summed E-state index contributed by atoms with van der Waals surface area (Å²) in [7, 11) is 0. The molecule has 0 aliphatic rings. The normalized spacial score (nSPS) is 11.5. The highest BCUT2D eigenvalue weighted by Crippen LogP contribution is 2.37. The molecule has 2 N–H and O–H groups in total. The van der Waals surface area contributed by atoms with E-state index in [0.29, 0.717) is 0 Å².